The van der Waals surface area contributed by atoms with Crippen LogP contribution in [0.25, 0.3) is 0 Å². The van der Waals surface area contributed by atoms with Crippen LogP contribution in [0, 0.1) is 11.6 Å². The van der Waals surface area contributed by atoms with Gasteiger partial charge in [0.05, 0.1) is 5.69 Å². The molecule has 1 aromatic rings. The zero-order valence-electron chi connectivity index (χ0n) is 8.35. The summed E-state index contributed by atoms with van der Waals surface area (Å²) in [5.74, 6) is -1.66. The van der Waals surface area contributed by atoms with Gasteiger partial charge in [0.1, 0.15) is 0 Å². The summed E-state index contributed by atoms with van der Waals surface area (Å²) in [6.45, 7) is 2.51. The number of rotatable bonds is 3. The summed E-state index contributed by atoms with van der Waals surface area (Å²) in [6.07, 6.45) is 0. The first kappa shape index (κ1) is 10.9. The molecule has 0 aliphatic rings. The summed E-state index contributed by atoms with van der Waals surface area (Å²) in [5.41, 5.74) is 5.73. The highest BCUT2D eigenvalue weighted by molar-refractivity contribution is 5.49. The molecule has 0 aliphatic heterocycles. The van der Waals surface area contributed by atoms with Crippen molar-refractivity contribution in [2.24, 2.45) is 5.73 Å². The molecule has 0 heterocycles. The van der Waals surface area contributed by atoms with E-state index in [1.54, 1.807) is 18.0 Å². The van der Waals surface area contributed by atoms with Crippen molar-refractivity contribution >= 4 is 5.69 Å². The van der Waals surface area contributed by atoms with Gasteiger partial charge in [-0.2, -0.15) is 0 Å². The van der Waals surface area contributed by atoms with Crippen LogP contribution in [-0.4, -0.2) is 13.6 Å². The van der Waals surface area contributed by atoms with Gasteiger partial charge in [0.15, 0.2) is 11.6 Å². The van der Waals surface area contributed by atoms with Gasteiger partial charge in [0, 0.05) is 25.7 Å². The van der Waals surface area contributed by atoms with Crippen molar-refractivity contribution in [1.82, 2.24) is 0 Å². The zero-order valence-corrected chi connectivity index (χ0v) is 8.35. The largest absolute Gasteiger partial charge is 0.372 e. The number of halogens is 2. The Morgan fingerprint density at radius 1 is 1.29 bits per heavy atom. The molecule has 0 unspecified atom stereocenters. The molecule has 1 rings (SSSR count). The second kappa shape index (κ2) is 4.37. The molecule has 78 valence electrons. The van der Waals surface area contributed by atoms with Gasteiger partial charge in [-0.05, 0) is 13.0 Å². The van der Waals surface area contributed by atoms with E-state index in [9.17, 15) is 8.78 Å². The lowest BCUT2D eigenvalue weighted by Gasteiger charge is -2.18. The monoisotopic (exact) mass is 200 g/mol. The van der Waals surface area contributed by atoms with Crippen LogP contribution in [0.2, 0.25) is 0 Å². The van der Waals surface area contributed by atoms with Gasteiger partial charge < -0.3 is 10.6 Å². The molecule has 0 radical (unpaired) electrons. The molecule has 0 amide bonds. The van der Waals surface area contributed by atoms with Crippen molar-refractivity contribution in [1.29, 1.82) is 0 Å². The molecule has 4 heteroatoms. The maximum Gasteiger partial charge on any atom is 0.182 e. The summed E-state index contributed by atoms with van der Waals surface area (Å²) in [5, 5.41) is 0. The Morgan fingerprint density at radius 3 is 2.43 bits per heavy atom. The van der Waals surface area contributed by atoms with E-state index in [1.165, 1.54) is 6.07 Å². The van der Waals surface area contributed by atoms with E-state index in [4.69, 9.17) is 5.73 Å². The maximum absolute atomic E-state index is 13.4. The predicted molar refractivity (Wildman–Crippen MR) is 53.2 cm³/mol. The van der Waals surface area contributed by atoms with Crippen LogP contribution in [0.1, 0.15) is 12.5 Å². The Hall–Kier alpha value is -1.16. The molecule has 0 atom stereocenters. The first-order valence-electron chi connectivity index (χ1n) is 4.49. The van der Waals surface area contributed by atoms with Crippen molar-refractivity contribution in [2.75, 3.05) is 18.5 Å². The number of nitrogens with zero attached hydrogens (tertiary/aromatic N) is 1. The first-order valence-corrected chi connectivity index (χ1v) is 4.49. The molecule has 0 bridgehead atoms. The van der Waals surface area contributed by atoms with Crippen LogP contribution in [0.3, 0.4) is 0 Å². The average Bonchev–Trinajstić information content (AvgIpc) is 2.21. The molecular weight excluding hydrogens is 186 g/mol. The Bertz CT molecular complexity index is 326. The Kier molecular flexibility index (Phi) is 3.41. The second-order valence-electron chi connectivity index (χ2n) is 3.09. The van der Waals surface area contributed by atoms with E-state index in [1.807, 2.05) is 6.92 Å². The molecule has 2 N–H and O–H groups in total. The van der Waals surface area contributed by atoms with Gasteiger partial charge in [-0.25, -0.2) is 8.78 Å². The van der Waals surface area contributed by atoms with Crippen LogP contribution in [0.5, 0.6) is 0 Å². The maximum atomic E-state index is 13.4. The fraction of sp³-hybridized carbons (Fsp3) is 0.400. The summed E-state index contributed by atoms with van der Waals surface area (Å²) in [6, 6.07) is 3.06. The van der Waals surface area contributed by atoms with Crippen molar-refractivity contribution in [3.8, 4) is 0 Å². The molecule has 0 aromatic heterocycles. The van der Waals surface area contributed by atoms with E-state index < -0.39 is 11.6 Å². The van der Waals surface area contributed by atoms with Gasteiger partial charge >= 0.3 is 0 Å². The molecule has 14 heavy (non-hydrogen) atoms. The molecule has 0 fully saturated rings. The van der Waals surface area contributed by atoms with Gasteiger partial charge in [-0.1, -0.05) is 6.07 Å². The summed E-state index contributed by atoms with van der Waals surface area (Å²) in [4.78, 5) is 1.64. The Morgan fingerprint density at radius 2 is 1.93 bits per heavy atom. The molecule has 0 spiro atoms. The van der Waals surface area contributed by atoms with E-state index in [0.29, 0.717) is 6.54 Å². The quantitative estimate of drug-likeness (QED) is 0.807. The Labute approximate surface area is 82.3 Å². The van der Waals surface area contributed by atoms with Crippen molar-refractivity contribution in [2.45, 2.75) is 13.5 Å². The summed E-state index contributed by atoms with van der Waals surface area (Å²) in [7, 11) is 1.71. The second-order valence-corrected chi connectivity index (χ2v) is 3.09. The summed E-state index contributed by atoms with van der Waals surface area (Å²) < 4.78 is 26.7. The van der Waals surface area contributed by atoms with Gasteiger partial charge in [0.2, 0.25) is 0 Å². The fourth-order valence-electron chi connectivity index (χ4n) is 1.20. The lowest BCUT2D eigenvalue weighted by atomic mass is 10.1. The van der Waals surface area contributed by atoms with Crippen LogP contribution in [-0.2, 0) is 6.54 Å². The van der Waals surface area contributed by atoms with Gasteiger partial charge in [0.25, 0.3) is 0 Å². The zero-order chi connectivity index (χ0) is 10.7. The highest BCUT2D eigenvalue weighted by Gasteiger charge is 2.14. The molecule has 0 saturated heterocycles. The smallest absolute Gasteiger partial charge is 0.182 e. The van der Waals surface area contributed by atoms with Crippen LogP contribution in [0.15, 0.2) is 12.1 Å². The molecule has 0 saturated carbocycles. The van der Waals surface area contributed by atoms with Gasteiger partial charge in [-0.15, -0.1) is 0 Å². The average molecular weight is 200 g/mol. The third-order valence-electron chi connectivity index (χ3n) is 2.25. The normalized spacial score (nSPS) is 10.4. The lowest BCUT2D eigenvalue weighted by Crippen LogP contribution is -2.18. The third kappa shape index (κ3) is 1.85. The highest BCUT2D eigenvalue weighted by atomic mass is 19.2. The first-order chi connectivity index (χ1) is 6.61. The van der Waals surface area contributed by atoms with Gasteiger partial charge in [-0.3, -0.25) is 0 Å². The molecule has 2 nitrogen and oxygen atoms in total. The van der Waals surface area contributed by atoms with E-state index in [0.717, 1.165) is 0 Å². The SMILES string of the molecule is CCN(C)c1ccc(CN)c(F)c1F. The van der Waals surface area contributed by atoms with Crippen LogP contribution < -0.4 is 10.6 Å². The number of hydrogen-bond donors (Lipinski definition) is 1. The van der Waals surface area contributed by atoms with Crippen molar-refractivity contribution in [3.05, 3.63) is 29.3 Å². The minimum absolute atomic E-state index is 0.0128. The van der Waals surface area contributed by atoms with Crippen LogP contribution >= 0.6 is 0 Å². The molecule has 0 aliphatic carbocycles. The lowest BCUT2D eigenvalue weighted by molar-refractivity contribution is 0.498. The van der Waals surface area contributed by atoms with E-state index in [2.05, 4.69) is 0 Å². The minimum atomic E-state index is -0.842. The topological polar surface area (TPSA) is 29.3 Å². The minimum Gasteiger partial charge on any atom is -0.372 e. The molecule has 1 aromatic carbocycles. The number of benzene rings is 1. The van der Waals surface area contributed by atoms with Crippen molar-refractivity contribution < 1.29 is 8.78 Å². The van der Waals surface area contributed by atoms with E-state index >= 15 is 0 Å². The molecular formula is C10H14F2N2. The third-order valence-corrected chi connectivity index (χ3v) is 2.25. The number of hydrogen-bond acceptors (Lipinski definition) is 2. The van der Waals surface area contributed by atoms with Crippen LogP contribution in [0.4, 0.5) is 14.5 Å². The van der Waals surface area contributed by atoms with Crippen molar-refractivity contribution in [3.63, 3.8) is 0 Å². The number of anilines is 1. The standard InChI is InChI=1S/C10H14F2N2/c1-3-14(2)8-5-4-7(6-13)9(11)10(8)12/h4-5H,3,6,13H2,1-2H3. The predicted octanol–water partition coefficient (Wildman–Crippen LogP) is 1.88. The number of nitrogens with two attached hydrogens (primary N) is 1. The summed E-state index contributed by atoms with van der Waals surface area (Å²) >= 11 is 0. The Balaban J connectivity index is 3.17. The van der Waals surface area contributed by atoms with E-state index in [-0.39, 0.29) is 17.8 Å². The fourth-order valence-corrected chi connectivity index (χ4v) is 1.20. The highest BCUT2D eigenvalue weighted by Crippen LogP contribution is 2.22.